The Hall–Kier alpha value is -3.72. The summed E-state index contributed by atoms with van der Waals surface area (Å²) in [5.41, 5.74) is 8.17. The maximum Gasteiger partial charge on any atom is 0.352 e. The van der Waals surface area contributed by atoms with Crippen molar-refractivity contribution in [1.29, 1.82) is 0 Å². The number of aromatic amines is 1. The van der Waals surface area contributed by atoms with Crippen molar-refractivity contribution in [2.24, 2.45) is 17.6 Å². The highest BCUT2D eigenvalue weighted by Gasteiger charge is 2.44. The van der Waals surface area contributed by atoms with Gasteiger partial charge in [-0.2, -0.15) is 0 Å². The van der Waals surface area contributed by atoms with Gasteiger partial charge >= 0.3 is 5.97 Å². The summed E-state index contributed by atoms with van der Waals surface area (Å²) in [6.45, 7) is -0.0677. The number of halogens is 1. The largest absolute Gasteiger partial charge is 0.477 e. The Morgan fingerprint density at radius 2 is 1.79 bits per heavy atom. The van der Waals surface area contributed by atoms with Gasteiger partial charge in [0.1, 0.15) is 18.4 Å². The number of likely N-dealkylation sites (tertiary alicyclic amines) is 1. The molecule has 38 heavy (non-hydrogen) atoms. The number of nitrogens with one attached hydrogen (secondary N) is 2. The van der Waals surface area contributed by atoms with Crippen molar-refractivity contribution in [3.8, 4) is 0 Å². The van der Waals surface area contributed by atoms with Crippen LogP contribution in [0.4, 0.5) is 10.1 Å². The summed E-state index contributed by atoms with van der Waals surface area (Å²) in [6, 6.07) is 15.3. The molecule has 0 unspecified atom stereocenters. The third kappa shape index (κ3) is 5.15. The van der Waals surface area contributed by atoms with E-state index in [1.54, 1.807) is 23.1 Å². The molecule has 0 bridgehead atoms. The third-order valence-corrected chi connectivity index (χ3v) is 8.20. The van der Waals surface area contributed by atoms with Gasteiger partial charge in [0.15, 0.2) is 0 Å². The van der Waals surface area contributed by atoms with E-state index >= 15 is 0 Å². The van der Waals surface area contributed by atoms with Crippen LogP contribution < -0.4 is 11.1 Å². The Labute approximate surface area is 220 Å². The average molecular weight is 521 g/mol. The van der Waals surface area contributed by atoms with Gasteiger partial charge in [0, 0.05) is 41.0 Å². The van der Waals surface area contributed by atoms with Gasteiger partial charge in [-0.3, -0.25) is 9.59 Å². The maximum absolute atomic E-state index is 13.8. The number of carbonyl (C=O) groups excluding carboxylic acids is 2. The van der Waals surface area contributed by atoms with Gasteiger partial charge in [-0.15, -0.1) is 0 Å². The van der Waals surface area contributed by atoms with Gasteiger partial charge in [0.05, 0.1) is 0 Å². The molecule has 2 amide bonds. The van der Waals surface area contributed by atoms with Crippen molar-refractivity contribution in [1.82, 2.24) is 9.88 Å². The third-order valence-electron chi connectivity index (χ3n) is 8.20. The fourth-order valence-electron chi connectivity index (χ4n) is 6.11. The summed E-state index contributed by atoms with van der Waals surface area (Å²) < 4.78 is 13.0. The van der Waals surface area contributed by atoms with Crippen molar-refractivity contribution in [2.75, 3.05) is 18.5 Å². The lowest BCUT2D eigenvalue weighted by Gasteiger charge is -2.35. The van der Waals surface area contributed by atoms with Crippen LogP contribution in [-0.4, -0.2) is 58.1 Å². The number of rotatable bonds is 7. The first-order valence-electron chi connectivity index (χ1n) is 13.2. The predicted octanol–water partition coefficient (Wildman–Crippen LogP) is 4.29. The summed E-state index contributed by atoms with van der Waals surface area (Å²) >= 11 is 0. The monoisotopic (exact) mass is 520 g/mol. The van der Waals surface area contributed by atoms with E-state index in [1.165, 1.54) is 6.07 Å². The number of carboxylic acid groups (broad SMARTS) is 1. The number of carbonyl (C=O) groups is 3. The van der Waals surface area contributed by atoms with Gasteiger partial charge in [-0.25, -0.2) is 9.18 Å². The summed E-state index contributed by atoms with van der Waals surface area (Å²) in [4.78, 5) is 43.4. The van der Waals surface area contributed by atoms with Crippen molar-refractivity contribution in [3.05, 3.63) is 65.9 Å². The van der Waals surface area contributed by atoms with E-state index in [1.807, 2.05) is 30.3 Å². The highest BCUT2D eigenvalue weighted by atomic mass is 19.1. The number of nitrogens with zero attached hydrogens (tertiary/aromatic N) is 1. The molecule has 1 saturated carbocycles. The number of hydrogen-bond donors (Lipinski definition) is 4. The lowest BCUT2D eigenvalue weighted by molar-refractivity contribution is -0.141. The number of fused-ring (bicyclic) bond motifs is 1. The molecule has 1 aliphatic heterocycles. The van der Waals surface area contributed by atoms with E-state index in [2.05, 4.69) is 10.3 Å². The molecule has 8 nitrogen and oxygen atoms in total. The summed E-state index contributed by atoms with van der Waals surface area (Å²) in [5, 5.41) is 12.9. The van der Waals surface area contributed by atoms with Crippen LogP contribution in [0.15, 0.2) is 54.6 Å². The van der Waals surface area contributed by atoms with E-state index in [4.69, 9.17) is 5.73 Å². The Balaban J connectivity index is 1.37. The number of anilines is 1. The molecule has 2 heterocycles. The Morgan fingerprint density at radius 1 is 1.05 bits per heavy atom. The standard InChI is InChI=1S/C29H33FN4O4/c30-16-23(31)18-6-8-19(9-7-18)28(36)34-13-12-22(17-4-2-1-3-5-17)26(34)27(35)32-21-10-11-24-20(14-21)15-25(33-24)29(37)38/h1-5,10-11,14-15,18-19,22-23,26,33H,6-9,12-13,16,31H2,(H,32,35)(H,37,38)/t18?,19?,22-,23+,26-/m0/s1. The number of hydrogen-bond acceptors (Lipinski definition) is 4. The van der Waals surface area contributed by atoms with Crippen LogP contribution in [0.2, 0.25) is 0 Å². The van der Waals surface area contributed by atoms with Crippen molar-refractivity contribution in [3.63, 3.8) is 0 Å². The minimum absolute atomic E-state index is 0.0250. The molecule has 1 aliphatic carbocycles. The van der Waals surface area contributed by atoms with Gasteiger partial charge < -0.3 is 26.0 Å². The second kappa shape index (κ2) is 10.9. The van der Waals surface area contributed by atoms with Crippen LogP contribution in [-0.2, 0) is 9.59 Å². The minimum Gasteiger partial charge on any atom is -0.477 e. The molecule has 9 heteroatoms. The predicted molar refractivity (Wildman–Crippen MR) is 143 cm³/mol. The van der Waals surface area contributed by atoms with Crippen molar-refractivity contribution < 1.29 is 23.9 Å². The highest BCUT2D eigenvalue weighted by molar-refractivity contribution is 6.01. The molecule has 3 aromatic rings. The molecule has 200 valence electrons. The molecule has 2 fully saturated rings. The fourth-order valence-corrected chi connectivity index (χ4v) is 6.11. The first kappa shape index (κ1) is 25.9. The van der Waals surface area contributed by atoms with Gasteiger partial charge in [-0.05, 0) is 67.9 Å². The number of benzene rings is 2. The second-order valence-corrected chi connectivity index (χ2v) is 10.5. The molecule has 1 saturated heterocycles. The zero-order valence-electron chi connectivity index (χ0n) is 21.1. The number of nitrogens with two attached hydrogens (primary N) is 1. The summed E-state index contributed by atoms with van der Waals surface area (Å²) in [7, 11) is 0. The van der Waals surface area contributed by atoms with Crippen LogP contribution in [0.1, 0.15) is 54.1 Å². The van der Waals surface area contributed by atoms with Crippen LogP contribution in [0.25, 0.3) is 10.9 Å². The van der Waals surface area contributed by atoms with E-state index in [-0.39, 0.29) is 35.3 Å². The highest BCUT2D eigenvalue weighted by Crippen LogP contribution is 2.38. The first-order chi connectivity index (χ1) is 18.4. The molecule has 0 spiro atoms. The van der Waals surface area contributed by atoms with E-state index in [9.17, 15) is 23.9 Å². The number of aromatic nitrogens is 1. The first-order valence-corrected chi connectivity index (χ1v) is 13.2. The number of alkyl halides is 1. The van der Waals surface area contributed by atoms with Crippen molar-refractivity contribution in [2.45, 2.75) is 50.1 Å². The molecule has 1 aromatic heterocycles. The summed E-state index contributed by atoms with van der Waals surface area (Å²) in [5.74, 6) is -1.61. The average Bonchev–Trinajstić information content (AvgIpc) is 3.58. The normalized spacial score (nSPS) is 24.3. The quantitative estimate of drug-likeness (QED) is 0.369. The lowest BCUT2D eigenvalue weighted by atomic mass is 9.78. The van der Waals surface area contributed by atoms with Crippen LogP contribution in [0, 0.1) is 11.8 Å². The Bertz CT molecular complexity index is 1320. The Morgan fingerprint density at radius 3 is 2.47 bits per heavy atom. The van der Waals surface area contributed by atoms with Gasteiger partial charge in [0.25, 0.3) is 0 Å². The van der Waals surface area contributed by atoms with E-state index in [0.717, 1.165) is 5.56 Å². The summed E-state index contributed by atoms with van der Waals surface area (Å²) in [6.07, 6.45) is 3.39. The van der Waals surface area contributed by atoms with Gasteiger partial charge in [-0.1, -0.05) is 30.3 Å². The van der Waals surface area contributed by atoms with E-state index in [0.29, 0.717) is 55.2 Å². The van der Waals surface area contributed by atoms with Crippen LogP contribution in [0.3, 0.4) is 0 Å². The number of carboxylic acids is 1. The number of H-pyrrole nitrogens is 1. The number of aromatic carboxylic acids is 1. The maximum atomic E-state index is 13.8. The van der Waals surface area contributed by atoms with Crippen molar-refractivity contribution >= 4 is 34.4 Å². The molecule has 3 atom stereocenters. The second-order valence-electron chi connectivity index (χ2n) is 10.5. The molecule has 2 aliphatic rings. The van der Waals surface area contributed by atoms with Crippen LogP contribution >= 0.6 is 0 Å². The molecular weight excluding hydrogens is 487 g/mol. The Kier molecular flexibility index (Phi) is 7.46. The minimum atomic E-state index is -1.06. The zero-order chi connectivity index (χ0) is 26.8. The smallest absolute Gasteiger partial charge is 0.352 e. The topological polar surface area (TPSA) is 129 Å². The fraction of sp³-hybridized carbons (Fsp3) is 0.414. The van der Waals surface area contributed by atoms with Gasteiger partial charge in [0.2, 0.25) is 11.8 Å². The zero-order valence-corrected chi connectivity index (χ0v) is 21.1. The molecule has 2 aromatic carbocycles. The SMILES string of the molecule is N[C@H](CF)C1CCC(C(=O)N2CC[C@@H](c3ccccc3)[C@H]2C(=O)Nc2ccc3[nH]c(C(=O)O)cc3c2)CC1. The molecule has 0 radical (unpaired) electrons. The molecule has 5 rings (SSSR count). The number of amides is 2. The molecular formula is C29H33FN4O4. The lowest BCUT2D eigenvalue weighted by Crippen LogP contribution is -2.48. The van der Waals surface area contributed by atoms with Crippen LogP contribution in [0.5, 0.6) is 0 Å². The molecule has 5 N–H and O–H groups in total. The van der Waals surface area contributed by atoms with E-state index < -0.39 is 24.7 Å².